The third-order valence-electron chi connectivity index (χ3n) is 5.36. The van der Waals surface area contributed by atoms with Crippen molar-refractivity contribution in [2.75, 3.05) is 24.0 Å². The van der Waals surface area contributed by atoms with Crippen LogP contribution in [0.15, 0.2) is 72.8 Å². The van der Waals surface area contributed by atoms with E-state index in [4.69, 9.17) is 9.47 Å². The summed E-state index contributed by atoms with van der Waals surface area (Å²) in [5.41, 5.74) is 7.76. The van der Waals surface area contributed by atoms with Crippen molar-refractivity contribution in [3.8, 4) is 11.5 Å². The molecule has 0 spiro atoms. The molecule has 1 fully saturated rings. The maximum absolute atomic E-state index is 13.0. The van der Waals surface area contributed by atoms with Gasteiger partial charge in [0.1, 0.15) is 23.9 Å². The maximum Gasteiger partial charge on any atom is 0.243 e. The van der Waals surface area contributed by atoms with Gasteiger partial charge in [-0.3, -0.25) is 20.4 Å². The molecule has 1 aliphatic heterocycles. The van der Waals surface area contributed by atoms with E-state index in [2.05, 4.69) is 10.9 Å². The van der Waals surface area contributed by atoms with Crippen molar-refractivity contribution < 1.29 is 23.5 Å². The maximum atomic E-state index is 13.0. The summed E-state index contributed by atoms with van der Waals surface area (Å²) in [5, 5.41) is 0. The number of amides is 2. The highest BCUT2D eigenvalue weighted by molar-refractivity contribution is 6.00. The van der Waals surface area contributed by atoms with Crippen LogP contribution in [0.2, 0.25) is 0 Å². The van der Waals surface area contributed by atoms with Crippen LogP contribution < -0.4 is 25.2 Å². The number of benzene rings is 3. The Kier molecular flexibility index (Phi) is 6.73. The second-order valence-electron chi connectivity index (χ2n) is 7.66. The van der Waals surface area contributed by atoms with Gasteiger partial charge in [-0.05, 0) is 54.1 Å². The number of hydrogen-bond donors (Lipinski definition) is 2. The molecule has 0 aliphatic carbocycles. The predicted molar refractivity (Wildman–Crippen MR) is 122 cm³/mol. The van der Waals surface area contributed by atoms with Gasteiger partial charge in [-0.25, -0.2) is 4.39 Å². The third-order valence-corrected chi connectivity index (χ3v) is 5.36. The minimum Gasteiger partial charge on any atom is -0.497 e. The van der Waals surface area contributed by atoms with Crippen molar-refractivity contribution in [1.29, 1.82) is 0 Å². The van der Waals surface area contributed by atoms with Gasteiger partial charge in [-0.2, -0.15) is 0 Å². The van der Waals surface area contributed by atoms with Gasteiger partial charge >= 0.3 is 0 Å². The molecular formula is C25H24FN3O4. The lowest BCUT2D eigenvalue weighted by Gasteiger charge is -2.17. The third kappa shape index (κ3) is 5.60. The number of nitrogens with zero attached hydrogens (tertiary/aromatic N) is 1. The van der Waals surface area contributed by atoms with Crippen molar-refractivity contribution >= 4 is 23.2 Å². The van der Waals surface area contributed by atoms with Crippen molar-refractivity contribution in [2.45, 2.75) is 13.0 Å². The van der Waals surface area contributed by atoms with Crippen LogP contribution in [-0.4, -0.2) is 25.5 Å². The standard InChI is InChI=1S/C25H24FN3O4/c1-32-22-11-9-21(10-12-22)29-15-18(13-24(29)30)25(31)28-27-20-3-2-4-23(14-20)33-16-17-5-7-19(26)8-6-17/h2-12,14,18,27H,13,15-16H2,1H3,(H,28,31)/t18-/m1/s1. The van der Waals surface area contributed by atoms with Crippen LogP contribution in [0.25, 0.3) is 0 Å². The molecule has 3 aromatic rings. The average molecular weight is 449 g/mol. The number of carbonyl (C=O) groups is 2. The topological polar surface area (TPSA) is 79.9 Å². The molecule has 0 unspecified atom stereocenters. The summed E-state index contributed by atoms with van der Waals surface area (Å²) in [5.74, 6) is 0.170. The molecule has 0 bridgehead atoms. The quantitative estimate of drug-likeness (QED) is 0.510. The second-order valence-corrected chi connectivity index (χ2v) is 7.66. The Morgan fingerprint density at radius 1 is 1.06 bits per heavy atom. The zero-order valence-electron chi connectivity index (χ0n) is 18.1. The molecule has 170 valence electrons. The number of rotatable bonds is 8. The fourth-order valence-corrected chi connectivity index (χ4v) is 3.54. The van der Waals surface area contributed by atoms with Gasteiger partial charge in [-0.15, -0.1) is 0 Å². The van der Waals surface area contributed by atoms with Gasteiger partial charge < -0.3 is 14.4 Å². The van der Waals surface area contributed by atoms with E-state index < -0.39 is 5.92 Å². The van der Waals surface area contributed by atoms with Gasteiger partial charge in [0.2, 0.25) is 11.8 Å². The molecule has 7 nitrogen and oxygen atoms in total. The summed E-state index contributed by atoms with van der Waals surface area (Å²) in [6.07, 6.45) is 0.139. The number of hydrazine groups is 1. The Morgan fingerprint density at radius 2 is 1.82 bits per heavy atom. The van der Waals surface area contributed by atoms with Crippen LogP contribution in [0.4, 0.5) is 15.8 Å². The molecule has 8 heteroatoms. The Bertz CT molecular complexity index is 1120. The van der Waals surface area contributed by atoms with Crippen molar-refractivity contribution in [3.63, 3.8) is 0 Å². The van der Waals surface area contributed by atoms with Gasteiger partial charge in [0.05, 0.1) is 18.7 Å². The fraction of sp³-hybridized carbons (Fsp3) is 0.200. The molecule has 33 heavy (non-hydrogen) atoms. The molecule has 0 saturated carbocycles. The predicted octanol–water partition coefficient (Wildman–Crippen LogP) is 3.91. The molecule has 0 aromatic heterocycles. The minimum atomic E-state index is -0.468. The van der Waals surface area contributed by atoms with Crippen LogP contribution in [0.3, 0.4) is 0 Å². The second kappa shape index (κ2) is 10.0. The molecule has 1 saturated heterocycles. The lowest BCUT2D eigenvalue weighted by Crippen LogP contribution is -2.36. The number of hydrogen-bond acceptors (Lipinski definition) is 5. The van der Waals surface area contributed by atoms with E-state index in [0.717, 1.165) is 11.3 Å². The monoisotopic (exact) mass is 449 g/mol. The molecule has 1 aliphatic rings. The van der Waals surface area contributed by atoms with Gasteiger partial charge in [0.25, 0.3) is 0 Å². The van der Waals surface area contributed by atoms with Crippen LogP contribution >= 0.6 is 0 Å². The Morgan fingerprint density at radius 3 is 2.55 bits per heavy atom. The highest BCUT2D eigenvalue weighted by Gasteiger charge is 2.35. The Hall–Kier alpha value is -4.07. The SMILES string of the molecule is COc1ccc(N2C[C@H](C(=O)NNc3cccc(OCc4ccc(F)cc4)c3)CC2=O)cc1. The summed E-state index contributed by atoms with van der Waals surface area (Å²) < 4.78 is 23.9. The number of nitrogens with one attached hydrogen (secondary N) is 2. The lowest BCUT2D eigenvalue weighted by molar-refractivity contribution is -0.125. The van der Waals surface area contributed by atoms with E-state index in [1.54, 1.807) is 72.7 Å². The number of halogens is 1. The largest absolute Gasteiger partial charge is 0.497 e. The van der Waals surface area contributed by atoms with E-state index in [1.165, 1.54) is 12.1 Å². The molecule has 0 radical (unpaired) electrons. The van der Waals surface area contributed by atoms with E-state index in [-0.39, 0.29) is 24.1 Å². The zero-order valence-corrected chi connectivity index (χ0v) is 18.1. The van der Waals surface area contributed by atoms with Gasteiger partial charge in [0.15, 0.2) is 0 Å². The van der Waals surface area contributed by atoms with Crippen LogP contribution in [0, 0.1) is 11.7 Å². The molecule has 2 N–H and O–H groups in total. The molecule has 1 atom stereocenters. The first-order chi connectivity index (χ1) is 16.0. The number of ether oxygens (including phenoxy) is 2. The molecule has 2 amide bonds. The smallest absolute Gasteiger partial charge is 0.243 e. The summed E-state index contributed by atoms with van der Waals surface area (Å²) in [6, 6.07) is 20.4. The first-order valence-electron chi connectivity index (χ1n) is 10.5. The van der Waals surface area contributed by atoms with Crippen LogP contribution in [-0.2, 0) is 16.2 Å². The Labute approximate surface area is 191 Å². The zero-order chi connectivity index (χ0) is 23.2. The molecule has 3 aromatic carbocycles. The highest BCUT2D eigenvalue weighted by Crippen LogP contribution is 2.27. The van der Waals surface area contributed by atoms with Gasteiger partial charge in [-0.1, -0.05) is 18.2 Å². The van der Waals surface area contributed by atoms with E-state index >= 15 is 0 Å². The lowest BCUT2D eigenvalue weighted by atomic mass is 10.1. The van der Waals surface area contributed by atoms with Crippen molar-refractivity contribution in [1.82, 2.24) is 5.43 Å². The first kappa shape index (κ1) is 22.1. The van der Waals surface area contributed by atoms with Crippen molar-refractivity contribution in [3.05, 3.63) is 84.2 Å². The van der Waals surface area contributed by atoms with E-state index in [9.17, 15) is 14.0 Å². The summed E-state index contributed by atoms with van der Waals surface area (Å²) in [7, 11) is 1.58. The van der Waals surface area contributed by atoms with Crippen molar-refractivity contribution in [2.24, 2.45) is 5.92 Å². The highest BCUT2D eigenvalue weighted by atomic mass is 19.1. The number of anilines is 2. The van der Waals surface area contributed by atoms with E-state index in [0.29, 0.717) is 30.3 Å². The van der Waals surface area contributed by atoms with E-state index in [1.807, 2.05) is 0 Å². The fourth-order valence-electron chi connectivity index (χ4n) is 3.54. The first-order valence-corrected chi connectivity index (χ1v) is 10.5. The molecule has 4 rings (SSSR count). The van der Waals surface area contributed by atoms with Crippen LogP contribution in [0.1, 0.15) is 12.0 Å². The normalized spacial score (nSPS) is 15.3. The molecular weight excluding hydrogens is 425 g/mol. The number of carbonyl (C=O) groups excluding carboxylic acids is 2. The average Bonchev–Trinajstić information content (AvgIpc) is 3.24. The Balaban J connectivity index is 1.30. The minimum absolute atomic E-state index is 0.100. The van der Waals surface area contributed by atoms with Crippen LogP contribution in [0.5, 0.6) is 11.5 Å². The number of methoxy groups -OCH3 is 1. The summed E-state index contributed by atoms with van der Waals surface area (Å²) in [4.78, 5) is 26.7. The van der Waals surface area contributed by atoms with Gasteiger partial charge in [0, 0.05) is 24.7 Å². The molecule has 1 heterocycles. The summed E-state index contributed by atoms with van der Waals surface area (Å²) >= 11 is 0. The summed E-state index contributed by atoms with van der Waals surface area (Å²) in [6.45, 7) is 0.598.